The molecule has 8 aliphatic heterocycles. The number of aliphatic hydroxyl groups is 24. The largest absolute Gasteiger partial charge is 0.477 e. The fourth-order valence-electron chi connectivity index (χ4n) is 13.4. The summed E-state index contributed by atoms with van der Waals surface area (Å²) >= 11 is 0. The van der Waals surface area contributed by atoms with Crippen LogP contribution in [0.3, 0.4) is 0 Å². The van der Waals surface area contributed by atoms with Crippen LogP contribution in [-0.2, 0) is 94.2 Å². The van der Waals surface area contributed by atoms with Gasteiger partial charge in [0, 0.05) is 41.2 Å². The topological polar surface area (TPSA) is 738 Å². The molecule has 0 aromatic rings. The molecule has 612 valence electrons. The van der Waals surface area contributed by atoms with Gasteiger partial charge in [0.15, 0.2) is 37.7 Å². The summed E-state index contributed by atoms with van der Waals surface area (Å²) in [5.74, 6) is -11.2. The summed E-state index contributed by atoms with van der Waals surface area (Å²) < 4.78 is 104. The third-order valence-corrected chi connectivity index (χ3v) is 20.2. The van der Waals surface area contributed by atoms with E-state index in [1.165, 1.54) is 7.05 Å². The Kier molecular flexibility index (Phi) is 32.7. The van der Waals surface area contributed by atoms with Gasteiger partial charge in [-0.2, -0.15) is 0 Å². The molecular weight excluding hydrogens is 1500 g/mol. The highest BCUT2D eigenvalue weighted by molar-refractivity contribution is 7.10. The van der Waals surface area contributed by atoms with Gasteiger partial charge in [0.2, 0.25) is 0 Å². The van der Waals surface area contributed by atoms with E-state index in [1.807, 2.05) is 9.47 Å². The molecule has 0 aromatic carbocycles. The molecule has 50 heteroatoms. The Morgan fingerprint density at radius 2 is 0.838 bits per heavy atom. The second kappa shape index (κ2) is 38.6. The normalized spacial score (nSPS) is 48.4. The number of rotatable bonds is 32. The molecule has 27 N–H and O–H groups in total. The minimum Gasteiger partial charge on any atom is -0.477 e. The maximum atomic E-state index is 13.8. The SMILES string of the molecule is CN[C@@H]1[C@@H](O)[C@H](OP)[C@@H](CO[C@]2(C(=O)O)C[C@@H](O[C@]3(C(=O)O)C[C@@H](O)[C@@H](O)[C@@H]([C@H](O)CO)O3)[C@@H](O[C@H]3O[C@H]([C@@H](O)CO)[C@@H](OP)[C@H](O[C@H]4O[C@H]([C@@H](O)CO)[C@@H](OP)[C@H](O[C@H]5O[C@H](CO[C@H]6O[C@H](CO)[C@H](O)[C@H](O)[C@H]6O)[C@@H](O)[C@H](O[C@H]6O[C@H](CO)[C@@H](O)[C@H](O)[C@H]6O)[C@H]5O)[C@@H]4O)[C@@H]3O)[C@@H]([C@H](O)CO)O2)O[C@@H]1O. The van der Waals surface area contributed by atoms with Crippen LogP contribution in [0.5, 0.6) is 0 Å². The van der Waals surface area contributed by atoms with Crippen LogP contribution >= 0.6 is 28.4 Å². The summed E-state index contributed by atoms with van der Waals surface area (Å²) in [7, 11) is 6.62. The summed E-state index contributed by atoms with van der Waals surface area (Å²) in [5, 5.41) is 288. The second-order valence-electron chi connectivity index (χ2n) is 26.0. The molecule has 0 amide bonds. The van der Waals surface area contributed by atoms with Gasteiger partial charge in [-0.05, 0) is 7.05 Å². The first kappa shape index (κ1) is 89.1. The molecule has 3 unspecified atom stereocenters. The van der Waals surface area contributed by atoms with E-state index < -0.39 is 334 Å². The number of aliphatic carboxylic acids is 2. The fourth-order valence-corrected chi connectivity index (χ4v) is 14.4. The zero-order chi connectivity index (χ0) is 77.8. The highest BCUT2D eigenvalue weighted by Crippen LogP contribution is 2.45. The molecule has 0 spiro atoms. The van der Waals surface area contributed by atoms with Gasteiger partial charge in [0.05, 0.1) is 71.1 Å². The van der Waals surface area contributed by atoms with Gasteiger partial charge in [0.1, 0.15) is 189 Å². The van der Waals surface area contributed by atoms with Crippen molar-refractivity contribution >= 4 is 40.3 Å². The van der Waals surface area contributed by atoms with Gasteiger partial charge < -0.3 is 223 Å². The highest BCUT2D eigenvalue weighted by Gasteiger charge is 2.65. The molecule has 0 aromatic heterocycles. The van der Waals surface area contributed by atoms with E-state index in [4.69, 9.17) is 84.6 Å². The molecule has 0 aliphatic carbocycles. The summed E-state index contributed by atoms with van der Waals surface area (Å²) in [6, 6.07) is -1.23. The van der Waals surface area contributed by atoms with E-state index >= 15 is 0 Å². The summed E-state index contributed by atoms with van der Waals surface area (Å²) in [6.07, 6.45) is -86.4. The maximum Gasteiger partial charge on any atom is 0.364 e. The van der Waals surface area contributed by atoms with E-state index in [0.29, 0.717) is 0 Å². The Morgan fingerprint density at radius 3 is 1.31 bits per heavy atom. The molecule has 8 fully saturated rings. The Hall–Kier alpha value is -1.49. The molecule has 0 radical (unpaired) electrons. The number of carboxylic acids is 2. The van der Waals surface area contributed by atoms with E-state index in [1.54, 1.807) is 18.9 Å². The average Bonchev–Trinajstić information content (AvgIpc) is 0.743. The monoisotopic (exact) mass is 1600 g/mol. The maximum absolute atomic E-state index is 13.8. The van der Waals surface area contributed by atoms with Crippen molar-refractivity contribution in [2.75, 3.05) is 59.9 Å². The third kappa shape index (κ3) is 18.8. The minimum atomic E-state index is -3.43. The summed E-state index contributed by atoms with van der Waals surface area (Å²) in [5.41, 5.74) is 0. The molecule has 8 aliphatic rings. The quantitative estimate of drug-likeness (QED) is 0.0278. The zero-order valence-corrected chi connectivity index (χ0v) is 58.7. The first-order chi connectivity index (χ1) is 49.7. The van der Waals surface area contributed by atoms with Crippen LogP contribution in [0.2, 0.25) is 0 Å². The lowest BCUT2D eigenvalue weighted by molar-refractivity contribution is -0.408. The van der Waals surface area contributed by atoms with Gasteiger partial charge in [-0.3, -0.25) is 0 Å². The highest BCUT2D eigenvalue weighted by atomic mass is 31.0. The summed E-state index contributed by atoms with van der Waals surface area (Å²) in [4.78, 5) is 27.4. The number of carbonyl (C=O) groups is 2. The first-order valence-electron chi connectivity index (χ1n) is 32.6. The molecule has 105 heavy (non-hydrogen) atoms. The van der Waals surface area contributed by atoms with E-state index in [0.717, 1.165) is 0 Å². The number of carboxylic acid groups (broad SMARTS) is 2. The number of aliphatic hydroxyl groups excluding tert-OH is 24. The van der Waals surface area contributed by atoms with Crippen molar-refractivity contribution in [3.8, 4) is 0 Å². The first-order valence-corrected chi connectivity index (χ1v) is 34.0. The molecule has 45 atom stereocenters. The van der Waals surface area contributed by atoms with Crippen LogP contribution in [0.4, 0.5) is 0 Å². The van der Waals surface area contributed by atoms with Crippen LogP contribution in [0.15, 0.2) is 0 Å². The van der Waals surface area contributed by atoms with Crippen molar-refractivity contribution in [2.45, 2.75) is 270 Å². The van der Waals surface area contributed by atoms with E-state index in [2.05, 4.69) is 5.32 Å². The average molecular weight is 1600 g/mol. The molecule has 0 saturated carbocycles. The predicted molar refractivity (Wildman–Crippen MR) is 331 cm³/mol. The lowest BCUT2D eigenvalue weighted by Gasteiger charge is -2.53. The Balaban J connectivity index is 1.17. The lowest BCUT2D eigenvalue weighted by atomic mass is 9.89. The lowest BCUT2D eigenvalue weighted by Crippen LogP contribution is -2.71. The molecule has 8 rings (SSSR count). The molecule has 0 bridgehead atoms. The third-order valence-electron chi connectivity index (χ3n) is 19.3. The number of nitrogens with one attached hydrogen (secondary N) is 1. The van der Waals surface area contributed by atoms with E-state index in [-0.39, 0.29) is 0 Å². The van der Waals surface area contributed by atoms with Crippen molar-refractivity contribution in [1.82, 2.24) is 5.32 Å². The molecule has 8 heterocycles. The van der Waals surface area contributed by atoms with Crippen LogP contribution in [-0.4, -0.2) is 461 Å². The second-order valence-corrected chi connectivity index (χ2v) is 26.8. The Morgan fingerprint density at radius 1 is 0.419 bits per heavy atom. The van der Waals surface area contributed by atoms with Crippen molar-refractivity contribution in [1.29, 1.82) is 0 Å². The van der Waals surface area contributed by atoms with Gasteiger partial charge in [0.25, 0.3) is 11.6 Å². The molecule has 47 nitrogen and oxygen atoms in total. The van der Waals surface area contributed by atoms with Gasteiger partial charge in [-0.25, -0.2) is 9.59 Å². The smallest absolute Gasteiger partial charge is 0.364 e. The number of hydrogen-bond acceptors (Lipinski definition) is 45. The standard InChI is InChI=1S/C55H96NO46P3/c1-56-22-27(72)39(100-103)21(87-46(22)80)11-86-54(52(81)82)3-17(97-55(53(83)84)2-12(63)23(68)35(98-55)13(64)4-57)40(38(99-54)16(67)7-60)93-50-33(78)43(45(102-105)36(91-50)14(65)5-58)96-51-34(79)42(44(101-104)37(92-51)15(66)6-59)95-49-32(77)41(94-48-31(76)29(74)25(70)19(9-62)89-48)26(71)20(90-49)10-85-47-30(75)28(73)24(69)18(8-61)88-47/h12-51,56-80H,2-11,103-105H2,1H3,(H,81,82)(H,83,84)/t12-,13-,14+,15+,16-,17-,18-,19-,20-,21-,22-,23-,24+,25-,26-,27-,28+,29+,30-,31-,32-,33+,34+,35-,36-,37-,38-,39-,40-,41+,42-,43-,44-,45-,46+,47+,48-,49-,50-,51-,54-,55-/m1/s1. The number of likely N-dealkylation sites (N-methyl/N-ethyl adjacent to an activating group) is 1. The van der Waals surface area contributed by atoms with Crippen molar-refractivity contribution < 1.29 is 227 Å². The molecular formula is C55H96NO46P3. The van der Waals surface area contributed by atoms with Crippen molar-refractivity contribution in [3.05, 3.63) is 0 Å². The Bertz CT molecular complexity index is 2690. The van der Waals surface area contributed by atoms with E-state index in [9.17, 15) is 142 Å². The van der Waals surface area contributed by atoms with Crippen molar-refractivity contribution in [3.63, 3.8) is 0 Å². The minimum absolute atomic E-state index is 0.939. The predicted octanol–water partition coefficient (Wildman–Crippen LogP) is -17.4. The van der Waals surface area contributed by atoms with Gasteiger partial charge >= 0.3 is 11.9 Å². The van der Waals surface area contributed by atoms with Gasteiger partial charge in [-0.1, -0.05) is 0 Å². The van der Waals surface area contributed by atoms with Crippen molar-refractivity contribution in [2.24, 2.45) is 0 Å². The molecule has 8 saturated heterocycles. The summed E-state index contributed by atoms with van der Waals surface area (Å²) in [6.45, 7) is -9.27. The van der Waals surface area contributed by atoms with Crippen LogP contribution < -0.4 is 5.32 Å². The van der Waals surface area contributed by atoms with Crippen LogP contribution in [0.25, 0.3) is 0 Å². The van der Waals surface area contributed by atoms with Crippen LogP contribution in [0.1, 0.15) is 12.8 Å². The van der Waals surface area contributed by atoms with Gasteiger partial charge in [-0.15, -0.1) is 0 Å². The number of ether oxygens (including phenoxy) is 15. The Labute approximate surface area is 600 Å². The van der Waals surface area contributed by atoms with Crippen LogP contribution in [0, 0.1) is 0 Å². The fraction of sp³-hybridized carbons (Fsp3) is 0.964. The zero-order valence-electron chi connectivity index (χ0n) is 55.2. The number of hydrogen-bond donors (Lipinski definition) is 27.